The number of pyridine rings is 1. The first-order chi connectivity index (χ1) is 12.2. The van der Waals surface area contributed by atoms with E-state index >= 15 is 0 Å². The quantitative estimate of drug-likeness (QED) is 0.547. The molecule has 1 aliphatic heterocycles. The summed E-state index contributed by atoms with van der Waals surface area (Å²) in [5.74, 6) is -0.348. The second-order valence-corrected chi connectivity index (χ2v) is 8.79. The highest BCUT2D eigenvalue weighted by Gasteiger charge is 2.57. The number of fused-ring (bicyclic) bond motifs is 2. The summed E-state index contributed by atoms with van der Waals surface area (Å²) >= 11 is 3.81. The number of ether oxygens (including phenoxy) is 2. The number of halogens is 1. The lowest BCUT2D eigenvalue weighted by molar-refractivity contribution is -0.181. The molecule has 0 aromatic carbocycles. The molecule has 2 aliphatic rings. The molecular weight excluding hydrogens is 402 g/mol. The van der Waals surface area contributed by atoms with E-state index in [4.69, 9.17) is 13.9 Å². The third-order valence-electron chi connectivity index (χ3n) is 5.95. The molecule has 0 saturated heterocycles. The van der Waals surface area contributed by atoms with Crippen LogP contribution in [0.3, 0.4) is 0 Å². The topological polar surface area (TPSA) is 70.7 Å². The van der Waals surface area contributed by atoms with Crippen LogP contribution >= 0.6 is 15.9 Å². The molecular formula is C19H22BrNO5. The maximum absolute atomic E-state index is 13.1. The van der Waals surface area contributed by atoms with Crippen LogP contribution in [0, 0.1) is 0 Å². The average Bonchev–Trinajstić information content (AvgIpc) is 3.05. The van der Waals surface area contributed by atoms with Gasteiger partial charge in [-0.1, -0.05) is 15.9 Å². The fraction of sp³-hybridized carbons (Fsp3) is 0.579. The predicted octanol–water partition coefficient (Wildman–Crippen LogP) is 3.22. The zero-order chi connectivity index (χ0) is 18.9. The van der Waals surface area contributed by atoms with Crippen molar-refractivity contribution >= 4 is 33.0 Å². The van der Waals surface area contributed by atoms with Crippen molar-refractivity contribution in [2.75, 3.05) is 7.11 Å². The van der Waals surface area contributed by atoms with E-state index in [1.54, 1.807) is 19.4 Å². The standard InChI is InChI=1S/C19H22BrNO5/c1-10(22)26-14-6-5-11-15(23)12-7-8-25-17(12)21-16(11)19(14,24-4)9-13(20)18(21,2)3/h7-8,13-14H,5-6,9H2,1-4H3. The summed E-state index contributed by atoms with van der Waals surface area (Å²) in [6.45, 7) is 5.61. The van der Waals surface area contributed by atoms with E-state index in [1.807, 2.05) is 0 Å². The van der Waals surface area contributed by atoms with Crippen molar-refractivity contribution in [1.82, 2.24) is 4.57 Å². The molecule has 4 rings (SSSR count). The fourth-order valence-corrected chi connectivity index (χ4v) is 5.28. The van der Waals surface area contributed by atoms with E-state index in [1.165, 1.54) is 6.92 Å². The number of nitrogens with zero attached hydrogens (tertiary/aromatic N) is 1. The Hall–Kier alpha value is -1.60. The molecule has 0 radical (unpaired) electrons. The van der Waals surface area contributed by atoms with E-state index in [2.05, 4.69) is 34.3 Å². The van der Waals surface area contributed by atoms with Crippen molar-refractivity contribution in [2.24, 2.45) is 0 Å². The summed E-state index contributed by atoms with van der Waals surface area (Å²) in [5.41, 5.74) is 0.790. The number of methoxy groups -OCH3 is 1. The van der Waals surface area contributed by atoms with Gasteiger partial charge in [0.25, 0.3) is 0 Å². The van der Waals surface area contributed by atoms with E-state index in [-0.39, 0.29) is 21.8 Å². The highest BCUT2D eigenvalue weighted by atomic mass is 79.9. The van der Waals surface area contributed by atoms with Crippen LogP contribution in [0.1, 0.15) is 44.9 Å². The Balaban J connectivity index is 2.13. The summed E-state index contributed by atoms with van der Waals surface area (Å²) in [6, 6.07) is 1.72. The Kier molecular flexibility index (Phi) is 3.90. The van der Waals surface area contributed by atoms with Gasteiger partial charge in [0.2, 0.25) is 5.71 Å². The maximum atomic E-state index is 13.1. The number of hydrogen-bond acceptors (Lipinski definition) is 5. The minimum atomic E-state index is -0.886. The van der Waals surface area contributed by atoms with Gasteiger partial charge >= 0.3 is 5.97 Å². The highest BCUT2D eigenvalue weighted by molar-refractivity contribution is 9.09. The second kappa shape index (κ2) is 5.70. The molecule has 3 unspecified atom stereocenters. The minimum Gasteiger partial charge on any atom is -0.459 e. The number of rotatable bonds is 2. The summed E-state index contributed by atoms with van der Waals surface area (Å²) in [4.78, 5) is 24.8. The Morgan fingerprint density at radius 3 is 2.81 bits per heavy atom. The van der Waals surface area contributed by atoms with Gasteiger partial charge in [-0.2, -0.15) is 0 Å². The molecule has 140 valence electrons. The van der Waals surface area contributed by atoms with Gasteiger partial charge in [-0.25, -0.2) is 0 Å². The van der Waals surface area contributed by atoms with Crippen molar-refractivity contribution in [3.05, 3.63) is 33.8 Å². The number of aromatic nitrogens is 1. The summed E-state index contributed by atoms with van der Waals surface area (Å²) in [5, 5.41) is 0.578. The van der Waals surface area contributed by atoms with Crippen LogP contribution in [0.5, 0.6) is 0 Å². The van der Waals surface area contributed by atoms with E-state index < -0.39 is 11.7 Å². The third kappa shape index (κ3) is 2.13. The van der Waals surface area contributed by atoms with E-state index in [9.17, 15) is 9.59 Å². The molecule has 26 heavy (non-hydrogen) atoms. The monoisotopic (exact) mass is 423 g/mol. The number of hydrogen-bond donors (Lipinski definition) is 0. The molecule has 0 amide bonds. The third-order valence-corrected chi connectivity index (χ3v) is 7.40. The molecule has 2 aromatic heterocycles. The Morgan fingerprint density at radius 2 is 2.15 bits per heavy atom. The van der Waals surface area contributed by atoms with Gasteiger partial charge in [0.1, 0.15) is 11.7 Å². The van der Waals surface area contributed by atoms with E-state index in [0.717, 1.165) is 11.3 Å². The predicted molar refractivity (Wildman–Crippen MR) is 99.7 cm³/mol. The summed E-state index contributed by atoms with van der Waals surface area (Å²) in [7, 11) is 1.62. The fourth-order valence-electron chi connectivity index (χ4n) is 4.59. The Morgan fingerprint density at radius 1 is 1.42 bits per heavy atom. The molecule has 7 heteroatoms. The zero-order valence-electron chi connectivity index (χ0n) is 15.3. The number of esters is 1. The van der Waals surface area contributed by atoms with Crippen molar-refractivity contribution in [3.8, 4) is 0 Å². The SMILES string of the molecule is COC12CC(Br)C(C)(C)n3c1c(c(=O)c1ccoc13)CCC2OC(C)=O. The van der Waals surface area contributed by atoms with Gasteiger partial charge in [0.05, 0.1) is 22.9 Å². The molecule has 6 nitrogen and oxygen atoms in total. The molecule has 0 spiro atoms. The molecule has 0 fully saturated rings. The van der Waals surface area contributed by atoms with Crippen LogP contribution in [0.25, 0.3) is 11.1 Å². The molecule has 0 saturated carbocycles. The lowest BCUT2D eigenvalue weighted by atomic mass is 9.71. The average molecular weight is 424 g/mol. The molecule has 1 aliphatic carbocycles. The maximum Gasteiger partial charge on any atom is 0.303 e. The van der Waals surface area contributed by atoms with Gasteiger partial charge in [-0.15, -0.1) is 0 Å². The largest absolute Gasteiger partial charge is 0.459 e. The van der Waals surface area contributed by atoms with Crippen LogP contribution in [0.4, 0.5) is 0 Å². The van der Waals surface area contributed by atoms with Crippen molar-refractivity contribution in [3.63, 3.8) is 0 Å². The number of furan rings is 1. The van der Waals surface area contributed by atoms with Crippen LogP contribution in [0.15, 0.2) is 21.5 Å². The van der Waals surface area contributed by atoms with Crippen molar-refractivity contribution in [1.29, 1.82) is 0 Å². The molecule has 2 aromatic rings. The normalized spacial score (nSPS) is 29.4. The second-order valence-electron chi connectivity index (χ2n) is 7.69. The number of alkyl halides is 1. The van der Waals surface area contributed by atoms with Crippen molar-refractivity contribution < 1.29 is 18.7 Å². The van der Waals surface area contributed by atoms with Gasteiger partial charge in [-0.05, 0) is 32.8 Å². The van der Waals surface area contributed by atoms with Crippen LogP contribution < -0.4 is 5.43 Å². The number of carbonyl (C=O) groups is 1. The smallest absolute Gasteiger partial charge is 0.303 e. The van der Waals surface area contributed by atoms with E-state index in [0.29, 0.717) is 30.4 Å². The molecule has 0 N–H and O–H groups in total. The van der Waals surface area contributed by atoms with Crippen molar-refractivity contribution in [2.45, 2.75) is 62.1 Å². The molecule has 3 atom stereocenters. The summed E-state index contributed by atoms with van der Waals surface area (Å²) < 4.78 is 19.5. The Bertz CT molecular complexity index is 959. The number of carbonyl (C=O) groups excluding carboxylic acids is 1. The van der Waals surface area contributed by atoms with Gasteiger partial charge < -0.3 is 18.5 Å². The highest BCUT2D eigenvalue weighted by Crippen LogP contribution is 2.52. The first-order valence-electron chi connectivity index (χ1n) is 8.76. The zero-order valence-corrected chi connectivity index (χ0v) is 16.9. The minimum absolute atomic E-state index is 0.0217. The van der Waals surface area contributed by atoms with Crippen LogP contribution in [-0.2, 0) is 31.8 Å². The van der Waals surface area contributed by atoms with Crippen LogP contribution in [-0.4, -0.2) is 28.6 Å². The first-order valence-corrected chi connectivity index (χ1v) is 9.68. The molecule has 0 bridgehead atoms. The summed E-state index contributed by atoms with van der Waals surface area (Å²) in [6.07, 6.45) is 2.78. The van der Waals surface area contributed by atoms with Gasteiger partial charge in [0.15, 0.2) is 5.43 Å². The van der Waals surface area contributed by atoms with Gasteiger partial charge in [-0.3, -0.25) is 9.59 Å². The Labute approximate surface area is 159 Å². The lowest BCUT2D eigenvalue weighted by Gasteiger charge is -2.53. The van der Waals surface area contributed by atoms with Crippen LogP contribution in [0.2, 0.25) is 0 Å². The lowest BCUT2D eigenvalue weighted by Crippen LogP contribution is -2.59. The molecule has 3 heterocycles. The van der Waals surface area contributed by atoms with Gasteiger partial charge in [0, 0.05) is 30.8 Å². The first kappa shape index (κ1) is 17.8.